The molecule has 5 atom stereocenters. The third kappa shape index (κ3) is 8.52. The lowest BCUT2D eigenvalue weighted by Gasteiger charge is -2.19. The van der Waals surface area contributed by atoms with Crippen molar-refractivity contribution >= 4 is 45.5 Å². The maximum atomic E-state index is 12.0. The van der Waals surface area contributed by atoms with E-state index in [9.17, 15) is 33.3 Å². The topological polar surface area (TPSA) is 279 Å². The van der Waals surface area contributed by atoms with Gasteiger partial charge in [0.2, 0.25) is 0 Å². The van der Waals surface area contributed by atoms with Crippen molar-refractivity contribution < 1.29 is 56.3 Å². The lowest BCUT2D eigenvalue weighted by atomic mass is 10.2. The summed E-state index contributed by atoms with van der Waals surface area (Å²) in [5, 5.41) is 10.1. The molecule has 1 fully saturated rings. The monoisotopic (exact) mass is 589 g/mol. The predicted octanol–water partition coefficient (Wildman–Crippen LogP) is 0.0559. The van der Waals surface area contributed by atoms with Gasteiger partial charge in [0.25, 0.3) is 5.56 Å². The van der Waals surface area contributed by atoms with E-state index in [1.54, 1.807) is 0 Å². The van der Waals surface area contributed by atoms with Gasteiger partial charge >= 0.3 is 29.2 Å². The van der Waals surface area contributed by atoms with Crippen LogP contribution in [-0.4, -0.2) is 53.0 Å². The third-order valence-electron chi connectivity index (χ3n) is 3.57. The van der Waals surface area contributed by atoms with Crippen molar-refractivity contribution in [3.8, 4) is 0 Å². The molecule has 0 aromatic carbocycles. The quantitative estimate of drug-likeness (QED) is 0.187. The molecule has 1 aromatic heterocycles. The Hall–Kier alpha value is -0.810. The summed E-state index contributed by atoms with van der Waals surface area (Å²) in [4.78, 5) is 62.6. The first-order valence-corrected chi connectivity index (χ1v) is 13.3. The fraction of sp³-hybridized carbons (Fsp3) is 0.455. The molecule has 0 saturated carbocycles. The Morgan fingerprint density at radius 1 is 1.19 bits per heavy atom. The average molecular weight is 590 g/mol. The highest BCUT2D eigenvalue weighted by molar-refractivity contribution is 9.11. The summed E-state index contributed by atoms with van der Waals surface area (Å²) >= 11 is 2.98. The lowest BCUT2D eigenvalue weighted by molar-refractivity contribution is -0.0450. The molecule has 0 aliphatic carbocycles. The summed E-state index contributed by atoms with van der Waals surface area (Å²) in [6.45, 7) is -0.895. The number of nitrogens with zero attached hydrogens (tertiary/aromatic N) is 1. The van der Waals surface area contributed by atoms with E-state index in [4.69, 9.17) is 19.4 Å². The van der Waals surface area contributed by atoms with Gasteiger partial charge in [-0.3, -0.25) is 18.9 Å². The largest absolute Gasteiger partial charge is 0.490 e. The number of aliphatic hydroxyl groups is 1. The van der Waals surface area contributed by atoms with Gasteiger partial charge in [0.1, 0.15) is 12.3 Å². The summed E-state index contributed by atoms with van der Waals surface area (Å²) in [7, 11) is -16.6. The Bertz CT molecular complexity index is 1100. The third-order valence-corrected chi connectivity index (χ3v) is 7.64. The summed E-state index contributed by atoms with van der Waals surface area (Å²) in [5.41, 5.74) is -1.46. The zero-order chi connectivity index (χ0) is 23.6. The van der Waals surface area contributed by atoms with Crippen molar-refractivity contribution in [1.82, 2.24) is 15.7 Å². The summed E-state index contributed by atoms with van der Waals surface area (Å²) in [6.07, 6.45) is -1.49. The number of hydrogen-bond donors (Lipinski definition) is 7. The van der Waals surface area contributed by atoms with Crippen LogP contribution in [0, 0.1) is 0 Å². The van der Waals surface area contributed by atoms with E-state index < -0.39 is 59.8 Å². The van der Waals surface area contributed by atoms with Crippen LogP contribution in [0.1, 0.15) is 18.2 Å². The maximum absolute atomic E-state index is 12.0. The number of aliphatic hydroxyl groups excluding tert-OH is 1. The van der Waals surface area contributed by atoms with Crippen molar-refractivity contribution in [1.29, 1.82) is 0 Å². The molecule has 0 radical (unpaired) electrons. The molecule has 21 heteroatoms. The fourth-order valence-corrected chi connectivity index (χ4v) is 5.72. The number of halogens is 1. The minimum atomic E-state index is -5.69. The van der Waals surface area contributed by atoms with E-state index in [0.29, 0.717) is 0 Å². The first kappa shape index (κ1) is 29.2. The molecule has 1 aliphatic heterocycles. The lowest BCUT2D eigenvalue weighted by Crippen LogP contribution is -2.33. The Labute approximate surface area is 186 Å². The van der Waals surface area contributed by atoms with Crippen LogP contribution in [0.3, 0.4) is 0 Å². The van der Waals surface area contributed by atoms with E-state index in [2.05, 4.69) is 29.1 Å². The number of aromatic amines is 1. The van der Waals surface area contributed by atoms with Crippen LogP contribution in [0.2, 0.25) is 0 Å². The molecule has 1 saturated heterocycles. The summed E-state index contributed by atoms with van der Waals surface area (Å²) in [5.74, 6) is 0. The summed E-state index contributed by atoms with van der Waals surface area (Å²) in [6, 6.07) is 0. The first-order valence-electron chi connectivity index (χ1n) is 7.86. The minimum Gasteiger partial charge on any atom is -0.390 e. The molecule has 0 spiro atoms. The Morgan fingerprint density at radius 2 is 1.81 bits per heavy atom. The Morgan fingerprint density at radius 3 is 2.38 bits per heavy atom. The molecule has 2 unspecified atom stereocenters. The van der Waals surface area contributed by atoms with Crippen LogP contribution in [0.4, 0.5) is 0 Å². The fourth-order valence-electron chi connectivity index (χ4n) is 2.41. The maximum Gasteiger partial charge on any atom is 0.490 e. The van der Waals surface area contributed by atoms with Crippen molar-refractivity contribution in [2.24, 2.45) is 0 Å². The standard InChI is InChI=1S/C11H16BrN2O14P3.H3N/c12-2-1-6-4-14(11(17)13-10(6)16)9-3-7(15)8(26-9)5-25-30(21,22)28-31(23,24)27-29(18,19)20;/h1-2,4,7-9,15H,3,5H2,(H,21,22)(H,23,24)(H,13,16,17)(H2,18,19,20);1H3/b2-1+;/t7-,8-,9-;/m1./s1. The van der Waals surface area contributed by atoms with Crippen LogP contribution < -0.4 is 17.4 Å². The van der Waals surface area contributed by atoms with Gasteiger partial charge in [-0.05, 0) is 11.1 Å². The molecule has 0 amide bonds. The highest BCUT2D eigenvalue weighted by Gasteiger charge is 2.42. The molecular weight excluding hydrogens is 571 g/mol. The van der Waals surface area contributed by atoms with Crippen molar-refractivity contribution in [3.63, 3.8) is 0 Å². The van der Waals surface area contributed by atoms with Crippen LogP contribution in [0.15, 0.2) is 20.8 Å². The smallest absolute Gasteiger partial charge is 0.390 e. The van der Waals surface area contributed by atoms with E-state index >= 15 is 0 Å². The number of aromatic nitrogens is 2. The molecule has 2 heterocycles. The number of rotatable bonds is 9. The molecule has 2 rings (SSSR count). The molecule has 32 heavy (non-hydrogen) atoms. The number of ether oxygens (including phenoxy) is 1. The van der Waals surface area contributed by atoms with Gasteiger partial charge in [-0.25, -0.2) is 18.5 Å². The van der Waals surface area contributed by atoms with Gasteiger partial charge in [-0.15, -0.1) is 0 Å². The van der Waals surface area contributed by atoms with Crippen LogP contribution in [-0.2, 0) is 31.6 Å². The van der Waals surface area contributed by atoms with Crippen LogP contribution >= 0.6 is 39.4 Å². The van der Waals surface area contributed by atoms with E-state index in [-0.39, 0.29) is 18.1 Å². The second-order valence-electron chi connectivity index (χ2n) is 5.86. The zero-order valence-electron chi connectivity index (χ0n) is 15.7. The van der Waals surface area contributed by atoms with Gasteiger partial charge in [0.05, 0.1) is 18.3 Å². The van der Waals surface area contributed by atoms with Crippen molar-refractivity contribution in [2.45, 2.75) is 24.9 Å². The molecule has 0 bridgehead atoms. The highest BCUT2D eigenvalue weighted by Crippen LogP contribution is 2.66. The second kappa shape index (κ2) is 11.1. The highest BCUT2D eigenvalue weighted by atomic mass is 79.9. The molecular formula is C11H19BrN3O14P3. The predicted molar refractivity (Wildman–Crippen MR) is 109 cm³/mol. The minimum absolute atomic E-state index is 0. The van der Waals surface area contributed by atoms with Gasteiger partial charge in [0, 0.05) is 12.6 Å². The zero-order valence-corrected chi connectivity index (χ0v) is 19.9. The average Bonchev–Trinajstić information content (AvgIpc) is 2.93. The number of phosphoric ester groups is 1. The van der Waals surface area contributed by atoms with E-state index in [1.807, 2.05) is 4.98 Å². The molecule has 184 valence electrons. The van der Waals surface area contributed by atoms with E-state index in [1.165, 1.54) is 11.1 Å². The molecule has 1 aromatic rings. The van der Waals surface area contributed by atoms with Gasteiger partial charge < -0.3 is 35.6 Å². The second-order valence-corrected chi connectivity index (χ2v) is 10.8. The van der Waals surface area contributed by atoms with Gasteiger partial charge in [-0.2, -0.15) is 8.62 Å². The van der Waals surface area contributed by atoms with Crippen molar-refractivity contribution in [3.05, 3.63) is 37.6 Å². The van der Waals surface area contributed by atoms with Crippen molar-refractivity contribution in [2.75, 3.05) is 6.61 Å². The number of hydrogen-bond acceptors (Lipinski definition) is 11. The summed E-state index contributed by atoms with van der Waals surface area (Å²) < 4.78 is 51.5. The SMILES string of the molecule is N.O=c1[nH]c(=O)n([C@H]2C[C@@H](O)[C@@H](COP(=O)(O)OP(=O)(O)OP(=O)(O)O)O2)cc1/C=C/Br. The number of H-pyrrole nitrogens is 1. The Balaban J connectivity index is 0.00000512. The number of phosphoric acid groups is 3. The van der Waals surface area contributed by atoms with E-state index in [0.717, 1.165) is 10.8 Å². The number of nitrogens with one attached hydrogen (secondary N) is 1. The van der Waals surface area contributed by atoms with Gasteiger partial charge in [-0.1, -0.05) is 15.9 Å². The van der Waals surface area contributed by atoms with Gasteiger partial charge in [0.15, 0.2) is 0 Å². The molecule has 9 N–H and O–H groups in total. The first-order chi connectivity index (χ1) is 14.1. The molecule has 1 aliphatic rings. The van der Waals surface area contributed by atoms with Crippen LogP contribution in [0.25, 0.3) is 6.08 Å². The normalized spacial score (nSPS) is 25.2. The molecule has 17 nitrogen and oxygen atoms in total. The van der Waals surface area contributed by atoms with Crippen LogP contribution in [0.5, 0.6) is 0 Å². The Kier molecular flexibility index (Phi) is 10.1.